The van der Waals surface area contributed by atoms with Gasteiger partial charge in [-0.05, 0) is 43.3 Å². The summed E-state index contributed by atoms with van der Waals surface area (Å²) in [6.07, 6.45) is 1.50. The molecule has 0 spiro atoms. The Morgan fingerprint density at radius 2 is 1.97 bits per heavy atom. The van der Waals surface area contributed by atoms with Crippen molar-refractivity contribution < 1.29 is 13.9 Å². The molecule has 0 unspecified atom stereocenters. The molecule has 3 aromatic rings. The molecule has 3 heterocycles. The Labute approximate surface area is 175 Å². The van der Waals surface area contributed by atoms with Crippen molar-refractivity contribution in [3.05, 3.63) is 65.1 Å². The van der Waals surface area contributed by atoms with Crippen LogP contribution >= 0.6 is 0 Å². The predicted molar refractivity (Wildman–Crippen MR) is 111 cm³/mol. The molecule has 0 aliphatic carbocycles. The maximum atomic E-state index is 12.3. The number of carbonyl (C=O) groups excluding carboxylic acids is 1. The normalized spacial score (nSPS) is 14.2. The van der Waals surface area contributed by atoms with Crippen LogP contribution in [0.2, 0.25) is 0 Å². The average molecular weight is 409 g/mol. The van der Waals surface area contributed by atoms with E-state index >= 15 is 0 Å². The SMILES string of the molecule is COc1ccc(C(=O)NCCc2nnc3n2CCN(Cc2ccc(C)o2)CC3)cc1. The summed E-state index contributed by atoms with van der Waals surface area (Å²) in [5.74, 6) is 4.48. The zero-order valence-corrected chi connectivity index (χ0v) is 17.4. The molecule has 30 heavy (non-hydrogen) atoms. The van der Waals surface area contributed by atoms with Crippen LogP contribution in [0, 0.1) is 6.92 Å². The Bertz CT molecular complexity index is 993. The number of ether oxygens (including phenoxy) is 1. The topological polar surface area (TPSA) is 85.4 Å². The van der Waals surface area contributed by atoms with E-state index in [0.717, 1.165) is 61.5 Å². The second-order valence-electron chi connectivity index (χ2n) is 7.46. The van der Waals surface area contributed by atoms with Gasteiger partial charge < -0.3 is 19.0 Å². The predicted octanol–water partition coefficient (Wildman–Crippen LogP) is 2.22. The van der Waals surface area contributed by atoms with Gasteiger partial charge in [-0.2, -0.15) is 0 Å². The van der Waals surface area contributed by atoms with Crippen molar-refractivity contribution in [1.82, 2.24) is 25.0 Å². The van der Waals surface area contributed by atoms with Gasteiger partial charge in [0.05, 0.1) is 13.7 Å². The molecule has 1 aliphatic heterocycles. The first kappa shape index (κ1) is 20.2. The fraction of sp³-hybridized carbons (Fsp3) is 0.409. The summed E-state index contributed by atoms with van der Waals surface area (Å²) in [5.41, 5.74) is 0.611. The number of nitrogens with one attached hydrogen (secondary N) is 1. The van der Waals surface area contributed by atoms with Crippen LogP contribution in [-0.4, -0.2) is 52.3 Å². The van der Waals surface area contributed by atoms with Crippen LogP contribution in [0.1, 0.15) is 33.5 Å². The van der Waals surface area contributed by atoms with Crippen molar-refractivity contribution in [2.75, 3.05) is 26.7 Å². The van der Waals surface area contributed by atoms with Gasteiger partial charge >= 0.3 is 0 Å². The first-order valence-electron chi connectivity index (χ1n) is 10.2. The molecule has 0 fully saturated rings. The number of hydrogen-bond donors (Lipinski definition) is 1. The fourth-order valence-corrected chi connectivity index (χ4v) is 3.69. The number of furan rings is 1. The minimum absolute atomic E-state index is 0.104. The van der Waals surface area contributed by atoms with Gasteiger partial charge in [-0.3, -0.25) is 9.69 Å². The van der Waals surface area contributed by atoms with Gasteiger partial charge in [0.1, 0.15) is 28.9 Å². The fourth-order valence-electron chi connectivity index (χ4n) is 3.69. The van der Waals surface area contributed by atoms with E-state index in [1.165, 1.54) is 0 Å². The Morgan fingerprint density at radius 3 is 2.70 bits per heavy atom. The van der Waals surface area contributed by atoms with E-state index in [1.807, 2.05) is 19.1 Å². The second kappa shape index (κ2) is 9.13. The van der Waals surface area contributed by atoms with Crippen LogP contribution < -0.4 is 10.1 Å². The van der Waals surface area contributed by atoms with Crippen LogP contribution in [0.5, 0.6) is 5.75 Å². The summed E-state index contributed by atoms with van der Waals surface area (Å²) in [7, 11) is 1.60. The third-order valence-corrected chi connectivity index (χ3v) is 5.36. The highest BCUT2D eigenvalue weighted by atomic mass is 16.5. The Kier molecular flexibility index (Phi) is 6.13. The Hall–Kier alpha value is -3.13. The number of aromatic nitrogens is 3. The van der Waals surface area contributed by atoms with Crippen LogP contribution in [-0.2, 0) is 25.9 Å². The number of methoxy groups -OCH3 is 1. The van der Waals surface area contributed by atoms with Gasteiger partial charge in [0.2, 0.25) is 0 Å². The number of aryl methyl sites for hydroxylation is 1. The molecule has 158 valence electrons. The molecule has 1 aromatic carbocycles. The summed E-state index contributed by atoms with van der Waals surface area (Å²) in [5, 5.41) is 11.7. The lowest BCUT2D eigenvalue weighted by Gasteiger charge is -2.18. The molecular weight excluding hydrogens is 382 g/mol. The highest BCUT2D eigenvalue weighted by Gasteiger charge is 2.19. The van der Waals surface area contributed by atoms with Crippen molar-refractivity contribution in [3.63, 3.8) is 0 Å². The van der Waals surface area contributed by atoms with E-state index in [1.54, 1.807) is 31.4 Å². The van der Waals surface area contributed by atoms with E-state index in [9.17, 15) is 4.79 Å². The molecule has 0 atom stereocenters. The molecule has 8 nitrogen and oxygen atoms in total. The van der Waals surface area contributed by atoms with Gasteiger partial charge in [0.25, 0.3) is 5.91 Å². The summed E-state index contributed by atoms with van der Waals surface area (Å²) in [4.78, 5) is 14.7. The average Bonchev–Trinajstić information content (AvgIpc) is 3.29. The van der Waals surface area contributed by atoms with E-state index in [-0.39, 0.29) is 5.91 Å². The smallest absolute Gasteiger partial charge is 0.251 e. The molecule has 0 radical (unpaired) electrons. The highest BCUT2D eigenvalue weighted by molar-refractivity contribution is 5.94. The number of amides is 1. The maximum Gasteiger partial charge on any atom is 0.251 e. The zero-order valence-electron chi connectivity index (χ0n) is 17.4. The third-order valence-electron chi connectivity index (χ3n) is 5.36. The quantitative estimate of drug-likeness (QED) is 0.644. The summed E-state index contributed by atoms with van der Waals surface area (Å²) in [6.45, 7) is 5.95. The van der Waals surface area contributed by atoms with Crippen LogP contribution in [0.25, 0.3) is 0 Å². The van der Waals surface area contributed by atoms with Crippen molar-refractivity contribution in [2.45, 2.75) is 32.9 Å². The minimum Gasteiger partial charge on any atom is -0.497 e. The maximum absolute atomic E-state index is 12.3. The number of benzene rings is 1. The van der Waals surface area contributed by atoms with Crippen molar-refractivity contribution >= 4 is 5.91 Å². The highest BCUT2D eigenvalue weighted by Crippen LogP contribution is 2.15. The minimum atomic E-state index is -0.104. The molecular formula is C22H27N5O3. The number of hydrogen-bond acceptors (Lipinski definition) is 6. The van der Waals surface area contributed by atoms with Crippen LogP contribution in [0.3, 0.4) is 0 Å². The Balaban J connectivity index is 1.30. The van der Waals surface area contributed by atoms with Gasteiger partial charge in [0.15, 0.2) is 0 Å². The molecule has 1 N–H and O–H groups in total. The van der Waals surface area contributed by atoms with Gasteiger partial charge in [-0.1, -0.05) is 0 Å². The van der Waals surface area contributed by atoms with Gasteiger partial charge in [-0.15, -0.1) is 10.2 Å². The summed E-state index contributed by atoms with van der Waals surface area (Å²) >= 11 is 0. The van der Waals surface area contributed by atoms with E-state index in [2.05, 4.69) is 25.0 Å². The first-order chi connectivity index (χ1) is 14.6. The summed E-state index contributed by atoms with van der Waals surface area (Å²) in [6, 6.07) is 11.1. The molecule has 0 saturated heterocycles. The van der Waals surface area contributed by atoms with Crippen LogP contribution in [0.15, 0.2) is 40.8 Å². The molecule has 0 bridgehead atoms. The molecule has 0 saturated carbocycles. The van der Waals surface area contributed by atoms with E-state index in [4.69, 9.17) is 9.15 Å². The summed E-state index contributed by atoms with van der Waals surface area (Å²) < 4.78 is 13.0. The second-order valence-corrected chi connectivity index (χ2v) is 7.46. The zero-order chi connectivity index (χ0) is 20.9. The lowest BCUT2D eigenvalue weighted by molar-refractivity contribution is 0.0954. The molecule has 1 aliphatic rings. The molecule has 1 amide bonds. The molecule has 4 rings (SSSR count). The largest absolute Gasteiger partial charge is 0.497 e. The number of fused-ring (bicyclic) bond motifs is 1. The standard InChI is InChI=1S/C22H27N5O3/c1-16-3-6-19(30-16)15-26-12-10-21-25-24-20(27(21)14-13-26)9-11-23-22(28)17-4-7-18(29-2)8-5-17/h3-8H,9-15H2,1-2H3,(H,23,28). The molecule has 2 aromatic heterocycles. The van der Waals surface area contributed by atoms with Crippen molar-refractivity contribution in [2.24, 2.45) is 0 Å². The van der Waals surface area contributed by atoms with Crippen molar-refractivity contribution in [3.8, 4) is 5.75 Å². The monoisotopic (exact) mass is 409 g/mol. The third kappa shape index (κ3) is 4.71. The molecule has 8 heteroatoms. The number of rotatable bonds is 7. The lowest BCUT2D eigenvalue weighted by Crippen LogP contribution is -2.28. The van der Waals surface area contributed by atoms with Crippen LogP contribution in [0.4, 0.5) is 0 Å². The van der Waals surface area contributed by atoms with E-state index < -0.39 is 0 Å². The number of carbonyl (C=O) groups is 1. The van der Waals surface area contributed by atoms with E-state index in [0.29, 0.717) is 18.5 Å². The number of nitrogens with zero attached hydrogens (tertiary/aromatic N) is 4. The lowest BCUT2D eigenvalue weighted by atomic mass is 10.2. The van der Waals surface area contributed by atoms with Gasteiger partial charge in [-0.25, -0.2) is 0 Å². The Morgan fingerprint density at radius 1 is 1.13 bits per heavy atom. The van der Waals surface area contributed by atoms with Gasteiger partial charge in [0, 0.05) is 44.6 Å². The van der Waals surface area contributed by atoms with Crippen molar-refractivity contribution in [1.29, 1.82) is 0 Å². The first-order valence-corrected chi connectivity index (χ1v) is 10.2.